The molecule has 0 spiro atoms. The molecule has 1 saturated heterocycles. The van der Waals surface area contributed by atoms with Crippen molar-refractivity contribution in [3.63, 3.8) is 0 Å². The fourth-order valence-electron chi connectivity index (χ4n) is 2.53. The smallest absolute Gasteiger partial charge is 0.123 e. The third-order valence-electron chi connectivity index (χ3n) is 3.56. The molecule has 0 radical (unpaired) electrons. The molecule has 1 aliphatic rings. The Morgan fingerprint density at radius 1 is 1.33 bits per heavy atom. The Balaban J connectivity index is 2.34. The fraction of sp³-hybridized carbons (Fsp3) is 0.571. The van der Waals surface area contributed by atoms with Crippen molar-refractivity contribution in [3.05, 3.63) is 23.8 Å². The number of piperazine rings is 1. The van der Waals surface area contributed by atoms with Gasteiger partial charge in [0.1, 0.15) is 11.5 Å². The largest absolute Gasteiger partial charge is 0.497 e. The molecule has 1 heterocycles. The van der Waals surface area contributed by atoms with Gasteiger partial charge in [-0.15, -0.1) is 0 Å². The van der Waals surface area contributed by atoms with Crippen LogP contribution < -0.4 is 14.8 Å². The third-order valence-corrected chi connectivity index (χ3v) is 3.56. The Morgan fingerprint density at radius 3 is 2.83 bits per heavy atom. The Kier molecular flexibility index (Phi) is 4.44. The average Bonchev–Trinajstić information content (AvgIpc) is 2.46. The standard InChI is InChI=1S/C14H22N2O2/c1-4-16-8-7-15-10-13(16)12-9-11(17-2)5-6-14(12)18-3/h5-6,9,13,15H,4,7-8,10H2,1-3H3. The van der Waals surface area contributed by atoms with Crippen molar-refractivity contribution in [2.45, 2.75) is 13.0 Å². The molecule has 1 N–H and O–H groups in total. The SMILES string of the molecule is CCN1CCNCC1c1cc(OC)ccc1OC. The van der Waals surface area contributed by atoms with E-state index in [0.29, 0.717) is 6.04 Å². The van der Waals surface area contributed by atoms with Crippen LogP contribution in [0.1, 0.15) is 18.5 Å². The Hall–Kier alpha value is -1.26. The van der Waals surface area contributed by atoms with Crippen molar-refractivity contribution >= 4 is 0 Å². The van der Waals surface area contributed by atoms with E-state index in [-0.39, 0.29) is 0 Å². The highest BCUT2D eigenvalue weighted by Gasteiger charge is 2.25. The molecule has 0 amide bonds. The summed E-state index contributed by atoms with van der Waals surface area (Å²) in [7, 11) is 3.42. The van der Waals surface area contributed by atoms with Gasteiger partial charge in [0.15, 0.2) is 0 Å². The maximum Gasteiger partial charge on any atom is 0.123 e. The van der Waals surface area contributed by atoms with Crippen LogP contribution in [0, 0.1) is 0 Å². The molecule has 4 heteroatoms. The highest BCUT2D eigenvalue weighted by atomic mass is 16.5. The first-order chi connectivity index (χ1) is 8.80. The lowest BCUT2D eigenvalue weighted by Crippen LogP contribution is -2.45. The Morgan fingerprint density at radius 2 is 2.17 bits per heavy atom. The summed E-state index contributed by atoms with van der Waals surface area (Å²) in [6.07, 6.45) is 0. The van der Waals surface area contributed by atoms with Crippen molar-refractivity contribution in [1.29, 1.82) is 0 Å². The lowest BCUT2D eigenvalue weighted by Gasteiger charge is -2.36. The summed E-state index contributed by atoms with van der Waals surface area (Å²) in [6.45, 7) is 6.33. The van der Waals surface area contributed by atoms with Crippen LogP contribution in [-0.4, -0.2) is 45.3 Å². The molecule has 100 valence electrons. The van der Waals surface area contributed by atoms with Gasteiger partial charge in [-0.2, -0.15) is 0 Å². The minimum absolute atomic E-state index is 0.355. The van der Waals surface area contributed by atoms with Gasteiger partial charge in [0, 0.05) is 25.2 Å². The van der Waals surface area contributed by atoms with Crippen molar-refractivity contribution in [2.24, 2.45) is 0 Å². The quantitative estimate of drug-likeness (QED) is 0.881. The molecule has 1 fully saturated rings. The maximum atomic E-state index is 5.48. The van der Waals surface area contributed by atoms with Gasteiger partial charge in [-0.05, 0) is 24.7 Å². The minimum Gasteiger partial charge on any atom is -0.497 e. The van der Waals surface area contributed by atoms with E-state index in [9.17, 15) is 0 Å². The van der Waals surface area contributed by atoms with E-state index in [1.807, 2.05) is 12.1 Å². The van der Waals surface area contributed by atoms with Gasteiger partial charge in [-0.25, -0.2) is 0 Å². The summed E-state index contributed by atoms with van der Waals surface area (Å²) in [6, 6.07) is 6.36. The summed E-state index contributed by atoms with van der Waals surface area (Å²) in [5.41, 5.74) is 1.20. The van der Waals surface area contributed by atoms with Crippen LogP contribution in [0.15, 0.2) is 18.2 Å². The van der Waals surface area contributed by atoms with Crippen LogP contribution in [0.3, 0.4) is 0 Å². The molecule has 2 rings (SSSR count). The number of hydrogen-bond acceptors (Lipinski definition) is 4. The van der Waals surface area contributed by atoms with Gasteiger partial charge >= 0.3 is 0 Å². The average molecular weight is 250 g/mol. The van der Waals surface area contributed by atoms with Crippen molar-refractivity contribution in [3.8, 4) is 11.5 Å². The van der Waals surface area contributed by atoms with E-state index < -0.39 is 0 Å². The number of ether oxygens (including phenoxy) is 2. The molecule has 1 atom stereocenters. The number of hydrogen-bond donors (Lipinski definition) is 1. The number of likely N-dealkylation sites (N-methyl/N-ethyl adjacent to an activating group) is 1. The number of nitrogens with zero attached hydrogens (tertiary/aromatic N) is 1. The molecule has 1 unspecified atom stereocenters. The van der Waals surface area contributed by atoms with Crippen LogP contribution in [0.5, 0.6) is 11.5 Å². The zero-order valence-electron chi connectivity index (χ0n) is 11.4. The van der Waals surface area contributed by atoms with Gasteiger partial charge in [0.2, 0.25) is 0 Å². The second-order valence-electron chi connectivity index (χ2n) is 4.46. The molecular weight excluding hydrogens is 228 g/mol. The minimum atomic E-state index is 0.355. The van der Waals surface area contributed by atoms with Crippen molar-refractivity contribution < 1.29 is 9.47 Å². The molecule has 0 bridgehead atoms. The third kappa shape index (κ3) is 2.60. The van der Waals surface area contributed by atoms with Gasteiger partial charge in [-0.1, -0.05) is 6.92 Å². The summed E-state index contributed by atoms with van der Waals surface area (Å²) >= 11 is 0. The molecule has 0 aliphatic carbocycles. The second-order valence-corrected chi connectivity index (χ2v) is 4.46. The van der Waals surface area contributed by atoms with Crippen molar-refractivity contribution in [1.82, 2.24) is 10.2 Å². The van der Waals surface area contributed by atoms with Crippen LogP contribution in [0.25, 0.3) is 0 Å². The summed E-state index contributed by atoms with van der Waals surface area (Å²) in [4.78, 5) is 2.47. The summed E-state index contributed by atoms with van der Waals surface area (Å²) < 4.78 is 10.8. The molecule has 18 heavy (non-hydrogen) atoms. The predicted molar refractivity (Wildman–Crippen MR) is 72.4 cm³/mol. The molecule has 4 nitrogen and oxygen atoms in total. The van der Waals surface area contributed by atoms with Gasteiger partial charge in [0.25, 0.3) is 0 Å². The first-order valence-electron chi connectivity index (χ1n) is 6.46. The normalized spacial score (nSPS) is 20.7. The fourth-order valence-corrected chi connectivity index (χ4v) is 2.53. The topological polar surface area (TPSA) is 33.7 Å². The molecule has 1 aromatic carbocycles. The lowest BCUT2D eigenvalue weighted by molar-refractivity contribution is 0.167. The number of rotatable bonds is 4. The van der Waals surface area contributed by atoms with E-state index in [4.69, 9.17) is 9.47 Å². The van der Waals surface area contributed by atoms with E-state index in [2.05, 4.69) is 23.2 Å². The first kappa shape index (κ1) is 13.2. The highest BCUT2D eigenvalue weighted by molar-refractivity contribution is 5.42. The molecule has 1 aliphatic heterocycles. The Labute approximate surface area is 109 Å². The van der Waals surface area contributed by atoms with E-state index >= 15 is 0 Å². The van der Waals surface area contributed by atoms with Crippen LogP contribution in [-0.2, 0) is 0 Å². The molecule has 0 aromatic heterocycles. The Bertz CT molecular complexity index is 395. The first-order valence-corrected chi connectivity index (χ1v) is 6.46. The lowest BCUT2D eigenvalue weighted by atomic mass is 10.0. The van der Waals surface area contributed by atoms with E-state index in [1.54, 1.807) is 14.2 Å². The molecular formula is C14H22N2O2. The monoisotopic (exact) mass is 250 g/mol. The zero-order valence-corrected chi connectivity index (χ0v) is 11.4. The van der Waals surface area contributed by atoms with Crippen LogP contribution >= 0.6 is 0 Å². The maximum absolute atomic E-state index is 5.48. The van der Waals surface area contributed by atoms with Gasteiger partial charge in [0.05, 0.1) is 20.3 Å². The zero-order chi connectivity index (χ0) is 13.0. The molecule has 1 aromatic rings. The van der Waals surface area contributed by atoms with E-state index in [1.165, 1.54) is 5.56 Å². The highest BCUT2D eigenvalue weighted by Crippen LogP contribution is 2.33. The van der Waals surface area contributed by atoms with Crippen LogP contribution in [0.4, 0.5) is 0 Å². The van der Waals surface area contributed by atoms with Crippen LogP contribution in [0.2, 0.25) is 0 Å². The number of nitrogens with one attached hydrogen (secondary N) is 1. The molecule has 0 saturated carbocycles. The van der Waals surface area contributed by atoms with Gasteiger partial charge in [-0.3, -0.25) is 4.90 Å². The predicted octanol–water partition coefficient (Wildman–Crippen LogP) is 1.67. The summed E-state index contributed by atoms with van der Waals surface area (Å²) in [5.74, 6) is 1.82. The van der Waals surface area contributed by atoms with E-state index in [0.717, 1.165) is 37.7 Å². The number of methoxy groups -OCH3 is 2. The second kappa shape index (κ2) is 6.07. The summed E-state index contributed by atoms with van der Waals surface area (Å²) in [5, 5.41) is 3.45. The van der Waals surface area contributed by atoms with Crippen molar-refractivity contribution in [2.75, 3.05) is 40.4 Å². The van der Waals surface area contributed by atoms with Gasteiger partial charge < -0.3 is 14.8 Å². The number of benzene rings is 1.